The first-order valence-electron chi connectivity index (χ1n) is 12.9. The highest BCUT2D eigenvalue weighted by atomic mass is 16.5. The third kappa shape index (κ3) is 3.70. The molecule has 3 saturated carbocycles. The van der Waals surface area contributed by atoms with E-state index in [1.54, 1.807) is 0 Å². The van der Waals surface area contributed by atoms with Gasteiger partial charge in [0, 0.05) is 22.7 Å². The average Bonchev–Trinajstić information content (AvgIpc) is 3.29. The van der Waals surface area contributed by atoms with Crippen molar-refractivity contribution in [1.29, 1.82) is 0 Å². The smallest absolute Gasteiger partial charge is 0.0649 e. The fraction of sp³-hybridized carbons (Fsp3) is 1.00. The Kier molecular flexibility index (Phi) is 4.83. The van der Waals surface area contributed by atoms with Crippen LogP contribution >= 0.6 is 0 Å². The summed E-state index contributed by atoms with van der Waals surface area (Å²) in [4.78, 5) is 0. The highest BCUT2D eigenvalue weighted by molar-refractivity contribution is 5.14. The Bertz CT molecular complexity index is 613. The van der Waals surface area contributed by atoms with Gasteiger partial charge in [0.25, 0.3) is 0 Å². The number of rotatable bonds is 4. The molecule has 3 saturated heterocycles. The van der Waals surface area contributed by atoms with Crippen molar-refractivity contribution in [2.75, 3.05) is 26.3 Å². The van der Waals surface area contributed by atoms with Crippen LogP contribution in [0.4, 0.5) is 0 Å². The summed E-state index contributed by atoms with van der Waals surface area (Å²) in [7, 11) is 0. The molecule has 5 unspecified atom stereocenters. The molecule has 3 aliphatic carbocycles. The van der Waals surface area contributed by atoms with Crippen LogP contribution in [0.3, 0.4) is 0 Å². The molecule has 3 aliphatic heterocycles. The fourth-order valence-electron chi connectivity index (χ4n) is 8.38. The third-order valence-electron chi connectivity index (χ3n) is 9.90. The second kappa shape index (κ2) is 7.18. The maximum Gasteiger partial charge on any atom is 0.0649 e. The van der Waals surface area contributed by atoms with E-state index in [2.05, 4.69) is 22.9 Å². The van der Waals surface area contributed by atoms with E-state index in [0.29, 0.717) is 22.7 Å². The standard InChI is InChI=1S/C25H43N3O/c1-18-16-29-17-24(28-18)12-21(13-24)9-19-4-8-27-25(14-19)15-22(25)10-20-3-7-26-23(11-20)5-2-6-23/h18-22,26-28H,2-17H2,1H3. The van der Waals surface area contributed by atoms with Crippen LogP contribution in [0.25, 0.3) is 0 Å². The van der Waals surface area contributed by atoms with Crippen molar-refractivity contribution in [2.45, 2.75) is 107 Å². The maximum absolute atomic E-state index is 5.86. The number of piperidine rings is 2. The van der Waals surface area contributed by atoms with Crippen LogP contribution in [0.1, 0.15) is 84.0 Å². The Hall–Kier alpha value is -0.160. The van der Waals surface area contributed by atoms with Crippen LogP contribution in [0, 0.1) is 23.7 Å². The van der Waals surface area contributed by atoms with E-state index in [1.807, 2.05) is 0 Å². The summed E-state index contributed by atoms with van der Waals surface area (Å²) < 4.78 is 5.86. The minimum Gasteiger partial charge on any atom is -0.378 e. The van der Waals surface area contributed by atoms with Crippen LogP contribution in [-0.4, -0.2) is 49.0 Å². The summed E-state index contributed by atoms with van der Waals surface area (Å²) in [6.45, 7) is 6.66. The molecule has 3 N–H and O–H groups in total. The van der Waals surface area contributed by atoms with E-state index in [4.69, 9.17) is 4.74 Å². The van der Waals surface area contributed by atoms with Gasteiger partial charge in [0.2, 0.25) is 0 Å². The lowest BCUT2D eigenvalue weighted by molar-refractivity contribution is -0.0618. The van der Waals surface area contributed by atoms with Crippen molar-refractivity contribution in [3.8, 4) is 0 Å². The summed E-state index contributed by atoms with van der Waals surface area (Å²) >= 11 is 0. The molecule has 3 spiro atoms. The molecule has 4 nitrogen and oxygen atoms in total. The molecule has 0 radical (unpaired) electrons. The molecule has 6 rings (SSSR count). The molecule has 0 aromatic heterocycles. The van der Waals surface area contributed by atoms with Gasteiger partial charge < -0.3 is 20.7 Å². The van der Waals surface area contributed by atoms with Crippen LogP contribution in [0.2, 0.25) is 0 Å². The zero-order valence-electron chi connectivity index (χ0n) is 18.6. The Morgan fingerprint density at radius 1 is 0.828 bits per heavy atom. The first kappa shape index (κ1) is 19.5. The SMILES string of the molecule is CC1COCC2(CC(CC3CCNC4(C3)CC4CC3CCNC4(CCC4)C3)C2)N1. The topological polar surface area (TPSA) is 45.3 Å². The lowest BCUT2D eigenvalue weighted by Gasteiger charge is -2.53. The van der Waals surface area contributed by atoms with Gasteiger partial charge in [-0.25, -0.2) is 0 Å². The molecule has 5 atom stereocenters. The summed E-state index contributed by atoms with van der Waals surface area (Å²) in [5.74, 6) is 3.88. The average molecular weight is 402 g/mol. The number of nitrogens with one attached hydrogen (secondary N) is 3. The molecule has 0 amide bonds. The Morgan fingerprint density at radius 3 is 2.34 bits per heavy atom. The molecule has 6 fully saturated rings. The second-order valence-electron chi connectivity index (χ2n) is 12.3. The highest BCUT2D eigenvalue weighted by Gasteiger charge is 2.57. The Labute approximate surface area is 177 Å². The van der Waals surface area contributed by atoms with Gasteiger partial charge in [0.15, 0.2) is 0 Å². The maximum atomic E-state index is 5.86. The molecule has 164 valence electrons. The van der Waals surface area contributed by atoms with E-state index < -0.39 is 0 Å². The zero-order valence-corrected chi connectivity index (χ0v) is 18.6. The fourth-order valence-corrected chi connectivity index (χ4v) is 8.38. The predicted octanol–water partition coefficient (Wildman–Crippen LogP) is 3.60. The van der Waals surface area contributed by atoms with E-state index in [-0.39, 0.29) is 0 Å². The number of hydrogen-bond donors (Lipinski definition) is 3. The molecule has 3 heterocycles. The first-order valence-corrected chi connectivity index (χ1v) is 12.9. The van der Waals surface area contributed by atoms with Crippen LogP contribution < -0.4 is 16.0 Å². The largest absolute Gasteiger partial charge is 0.378 e. The first-order chi connectivity index (χ1) is 14.1. The number of hydrogen-bond acceptors (Lipinski definition) is 4. The summed E-state index contributed by atoms with van der Waals surface area (Å²) in [6, 6.07) is 0.535. The van der Waals surface area contributed by atoms with Gasteiger partial charge in [-0.05, 0) is 121 Å². The van der Waals surface area contributed by atoms with Crippen molar-refractivity contribution in [3.05, 3.63) is 0 Å². The van der Waals surface area contributed by atoms with Crippen LogP contribution in [0.15, 0.2) is 0 Å². The highest BCUT2D eigenvalue weighted by Crippen LogP contribution is 2.56. The monoisotopic (exact) mass is 401 g/mol. The number of ether oxygens (including phenoxy) is 1. The van der Waals surface area contributed by atoms with Gasteiger partial charge in [-0.3, -0.25) is 0 Å². The molecular formula is C25H43N3O. The number of morpholine rings is 1. The van der Waals surface area contributed by atoms with Crippen LogP contribution in [0.5, 0.6) is 0 Å². The van der Waals surface area contributed by atoms with Crippen molar-refractivity contribution < 1.29 is 4.74 Å². The van der Waals surface area contributed by atoms with Gasteiger partial charge in [0.1, 0.15) is 0 Å². The lowest BCUT2D eigenvalue weighted by atomic mass is 9.64. The van der Waals surface area contributed by atoms with Crippen LogP contribution in [-0.2, 0) is 4.74 Å². The van der Waals surface area contributed by atoms with Gasteiger partial charge in [-0.15, -0.1) is 0 Å². The molecular weight excluding hydrogens is 358 g/mol. The minimum atomic E-state index is 0.335. The molecule has 4 heteroatoms. The van der Waals surface area contributed by atoms with Gasteiger partial charge in [0.05, 0.1) is 13.2 Å². The lowest BCUT2D eigenvalue weighted by Crippen LogP contribution is -2.64. The van der Waals surface area contributed by atoms with Gasteiger partial charge in [-0.2, -0.15) is 0 Å². The molecule has 0 aromatic carbocycles. The van der Waals surface area contributed by atoms with Crippen molar-refractivity contribution in [3.63, 3.8) is 0 Å². The van der Waals surface area contributed by atoms with Crippen molar-refractivity contribution in [1.82, 2.24) is 16.0 Å². The Morgan fingerprint density at radius 2 is 1.59 bits per heavy atom. The predicted molar refractivity (Wildman–Crippen MR) is 117 cm³/mol. The summed E-state index contributed by atoms with van der Waals surface area (Å²) in [5, 5.41) is 11.7. The summed E-state index contributed by atoms with van der Waals surface area (Å²) in [6.07, 6.45) is 17.3. The molecule has 29 heavy (non-hydrogen) atoms. The van der Waals surface area contributed by atoms with Gasteiger partial charge >= 0.3 is 0 Å². The van der Waals surface area contributed by atoms with E-state index in [0.717, 1.165) is 36.9 Å². The normalized spacial score (nSPS) is 51.0. The zero-order chi connectivity index (χ0) is 19.5. The quantitative estimate of drug-likeness (QED) is 0.673. The Balaban J connectivity index is 0.983. The molecule has 0 bridgehead atoms. The van der Waals surface area contributed by atoms with E-state index in [1.165, 1.54) is 90.1 Å². The van der Waals surface area contributed by atoms with Crippen molar-refractivity contribution >= 4 is 0 Å². The second-order valence-corrected chi connectivity index (χ2v) is 12.3. The third-order valence-corrected chi connectivity index (χ3v) is 9.90. The minimum absolute atomic E-state index is 0.335. The van der Waals surface area contributed by atoms with Crippen molar-refractivity contribution in [2.24, 2.45) is 23.7 Å². The summed E-state index contributed by atoms with van der Waals surface area (Å²) in [5.41, 5.74) is 1.45. The molecule has 6 aliphatic rings. The molecule has 0 aromatic rings. The van der Waals surface area contributed by atoms with E-state index >= 15 is 0 Å². The van der Waals surface area contributed by atoms with Gasteiger partial charge in [-0.1, -0.05) is 0 Å². The van der Waals surface area contributed by atoms with E-state index in [9.17, 15) is 0 Å².